The van der Waals surface area contributed by atoms with Crippen LogP contribution in [0.25, 0.3) is 0 Å². The molecular weight excluding hydrogens is 306 g/mol. The van der Waals surface area contributed by atoms with Gasteiger partial charge in [0.05, 0.1) is 7.11 Å². The van der Waals surface area contributed by atoms with Crippen LogP contribution in [0.15, 0.2) is 46.9 Å². The van der Waals surface area contributed by atoms with Crippen LogP contribution in [0.2, 0.25) is 0 Å². The third kappa shape index (κ3) is 3.72. The first-order chi connectivity index (χ1) is 9.22. The second-order valence-corrected chi connectivity index (χ2v) is 4.92. The molecule has 0 fully saturated rings. The van der Waals surface area contributed by atoms with Crippen molar-refractivity contribution in [3.05, 3.63) is 52.5 Å². The average molecular weight is 322 g/mol. The van der Waals surface area contributed by atoms with E-state index in [4.69, 9.17) is 9.47 Å². The Labute approximate surface area is 121 Å². The zero-order chi connectivity index (χ0) is 13.7. The highest BCUT2D eigenvalue weighted by Gasteiger charge is 2.03. The summed E-state index contributed by atoms with van der Waals surface area (Å²) in [6.07, 6.45) is 0. The minimum Gasteiger partial charge on any atom is -0.497 e. The number of benzene rings is 2. The Morgan fingerprint density at radius 2 is 1.63 bits per heavy atom. The van der Waals surface area contributed by atoms with Gasteiger partial charge in [0.15, 0.2) is 0 Å². The van der Waals surface area contributed by atoms with Crippen LogP contribution in [0, 0.1) is 0 Å². The molecular formula is C15H16BrNO2. The minimum atomic E-state index is 0.786. The van der Waals surface area contributed by atoms with Crippen LogP contribution in [0.1, 0.15) is 5.56 Å². The zero-order valence-corrected chi connectivity index (χ0v) is 12.5. The Morgan fingerprint density at radius 3 is 2.21 bits per heavy atom. The highest BCUT2D eigenvalue weighted by atomic mass is 79.9. The molecule has 2 aromatic rings. The molecule has 0 atom stereocenters. The van der Waals surface area contributed by atoms with Gasteiger partial charge in [-0.1, -0.05) is 22.0 Å². The van der Waals surface area contributed by atoms with Crippen LogP contribution in [0.5, 0.6) is 17.2 Å². The summed E-state index contributed by atoms with van der Waals surface area (Å²) in [5.41, 5.74) is 1.20. The molecule has 0 heterocycles. The van der Waals surface area contributed by atoms with Gasteiger partial charge < -0.3 is 14.8 Å². The maximum absolute atomic E-state index is 5.79. The fraction of sp³-hybridized carbons (Fsp3) is 0.200. The number of ether oxygens (including phenoxy) is 2. The normalized spacial score (nSPS) is 10.3. The third-order valence-corrected chi connectivity index (χ3v) is 3.43. The Morgan fingerprint density at radius 1 is 1.00 bits per heavy atom. The molecule has 0 aliphatic heterocycles. The lowest BCUT2D eigenvalue weighted by atomic mass is 10.2. The molecule has 0 saturated carbocycles. The average Bonchev–Trinajstić information content (AvgIpc) is 2.43. The molecule has 0 radical (unpaired) electrons. The predicted molar refractivity (Wildman–Crippen MR) is 80.0 cm³/mol. The van der Waals surface area contributed by atoms with Gasteiger partial charge in [-0.25, -0.2) is 0 Å². The van der Waals surface area contributed by atoms with Crippen molar-refractivity contribution in [1.82, 2.24) is 5.32 Å². The maximum Gasteiger partial charge on any atom is 0.128 e. The third-order valence-electron chi connectivity index (χ3n) is 2.69. The molecule has 2 rings (SSSR count). The quantitative estimate of drug-likeness (QED) is 0.903. The summed E-state index contributed by atoms with van der Waals surface area (Å²) < 4.78 is 11.9. The lowest BCUT2D eigenvalue weighted by molar-refractivity contribution is 0.413. The smallest absolute Gasteiger partial charge is 0.128 e. The second kappa shape index (κ2) is 6.59. The molecule has 2 aromatic carbocycles. The van der Waals surface area contributed by atoms with Gasteiger partial charge in [-0.05, 0) is 49.0 Å². The van der Waals surface area contributed by atoms with Crippen LogP contribution in [0.4, 0.5) is 0 Å². The first-order valence-electron chi connectivity index (χ1n) is 5.98. The zero-order valence-electron chi connectivity index (χ0n) is 10.9. The summed E-state index contributed by atoms with van der Waals surface area (Å²) in [4.78, 5) is 0. The van der Waals surface area contributed by atoms with E-state index in [-0.39, 0.29) is 0 Å². The van der Waals surface area contributed by atoms with Gasteiger partial charge in [-0.15, -0.1) is 0 Å². The van der Waals surface area contributed by atoms with Crippen molar-refractivity contribution in [2.45, 2.75) is 6.54 Å². The second-order valence-electron chi connectivity index (χ2n) is 4.06. The van der Waals surface area contributed by atoms with Gasteiger partial charge in [-0.3, -0.25) is 0 Å². The topological polar surface area (TPSA) is 30.5 Å². The molecule has 0 aliphatic rings. The Kier molecular flexibility index (Phi) is 4.82. The number of methoxy groups -OCH3 is 1. The van der Waals surface area contributed by atoms with Crippen molar-refractivity contribution in [2.75, 3.05) is 14.2 Å². The van der Waals surface area contributed by atoms with E-state index in [0.29, 0.717) is 0 Å². The Balaban J connectivity index is 2.11. The monoisotopic (exact) mass is 321 g/mol. The highest BCUT2D eigenvalue weighted by Crippen LogP contribution is 2.28. The number of rotatable bonds is 5. The van der Waals surface area contributed by atoms with E-state index >= 15 is 0 Å². The van der Waals surface area contributed by atoms with Crippen molar-refractivity contribution in [2.24, 2.45) is 0 Å². The Bertz CT molecular complexity index is 540. The number of hydrogen-bond acceptors (Lipinski definition) is 3. The fourth-order valence-electron chi connectivity index (χ4n) is 1.71. The van der Waals surface area contributed by atoms with Crippen LogP contribution in [-0.4, -0.2) is 14.2 Å². The molecule has 1 N–H and O–H groups in total. The molecule has 19 heavy (non-hydrogen) atoms. The number of hydrogen-bond donors (Lipinski definition) is 1. The van der Waals surface area contributed by atoms with Gasteiger partial charge in [-0.2, -0.15) is 0 Å². The van der Waals surface area contributed by atoms with E-state index in [0.717, 1.165) is 28.3 Å². The predicted octanol–water partition coefficient (Wildman–Crippen LogP) is 3.97. The van der Waals surface area contributed by atoms with Crippen molar-refractivity contribution >= 4 is 15.9 Å². The first kappa shape index (κ1) is 13.9. The van der Waals surface area contributed by atoms with E-state index in [2.05, 4.69) is 21.2 Å². The first-order valence-corrected chi connectivity index (χ1v) is 6.77. The van der Waals surface area contributed by atoms with Crippen molar-refractivity contribution < 1.29 is 9.47 Å². The largest absolute Gasteiger partial charge is 0.497 e. The minimum absolute atomic E-state index is 0.786. The molecule has 0 bridgehead atoms. The number of nitrogens with one attached hydrogen (secondary N) is 1. The highest BCUT2D eigenvalue weighted by molar-refractivity contribution is 9.10. The van der Waals surface area contributed by atoms with E-state index in [1.54, 1.807) is 7.11 Å². The molecule has 0 amide bonds. The SMILES string of the molecule is CNCc1ccc(Oc2ccc(OC)cc2)cc1Br. The van der Waals surface area contributed by atoms with Gasteiger partial charge in [0.25, 0.3) is 0 Å². The molecule has 0 unspecified atom stereocenters. The molecule has 100 valence electrons. The lowest BCUT2D eigenvalue weighted by Gasteiger charge is -2.09. The Hall–Kier alpha value is -1.52. The molecule has 0 spiro atoms. The van der Waals surface area contributed by atoms with Crippen molar-refractivity contribution in [3.63, 3.8) is 0 Å². The summed E-state index contributed by atoms with van der Waals surface area (Å²) >= 11 is 3.54. The lowest BCUT2D eigenvalue weighted by Crippen LogP contribution is -2.05. The summed E-state index contributed by atoms with van der Waals surface area (Å²) in [5, 5.41) is 3.12. The number of halogens is 1. The molecule has 3 nitrogen and oxygen atoms in total. The maximum atomic E-state index is 5.79. The van der Waals surface area contributed by atoms with Gasteiger partial charge in [0, 0.05) is 11.0 Å². The van der Waals surface area contributed by atoms with Crippen molar-refractivity contribution in [3.8, 4) is 17.2 Å². The summed E-state index contributed by atoms with van der Waals surface area (Å²) in [7, 11) is 3.57. The van der Waals surface area contributed by atoms with E-state index in [1.165, 1.54) is 5.56 Å². The van der Waals surface area contributed by atoms with Crippen LogP contribution >= 0.6 is 15.9 Å². The fourth-order valence-corrected chi connectivity index (χ4v) is 2.20. The molecule has 0 aromatic heterocycles. The van der Waals surface area contributed by atoms with E-state index in [9.17, 15) is 0 Å². The van der Waals surface area contributed by atoms with Gasteiger partial charge in [0.2, 0.25) is 0 Å². The summed E-state index contributed by atoms with van der Waals surface area (Å²) in [6, 6.07) is 13.5. The summed E-state index contributed by atoms with van der Waals surface area (Å²) in [6.45, 7) is 0.823. The standard InChI is InChI=1S/C15H16BrNO2/c1-17-10-11-3-4-14(9-15(11)16)19-13-7-5-12(18-2)6-8-13/h3-9,17H,10H2,1-2H3. The van der Waals surface area contributed by atoms with Crippen LogP contribution in [0.3, 0.4) is 0 Å². The molecule has 4 heteroatoms. The summed E-state index contributed by atoms with van der Waals surface area (Å²) in [5.74, 6) is 2.41. The van der Waals surface area contributed by atoms with Gasteiger partial charge in [0.1, 0.15) is 17.2 Å². The molecule has 0 aliphatic carbocycles. The van der Waals surface area contributed by atoms with Gasteiger partial charge >= 0.3 is 0 Å². The van der Waals surface area contributed by atoms with E-state index in [1.807, 2.05) is 49.5 Å². The van der Waals surface area contributed by atoms with Crippen LogP contribution in [-0.2, 0) is 6.54 Å². The van der Waals surface area contributed by atoms with Crippen molar-refractivity contribution in [1.29, 1.82) is 0 Å². The molecule has 0 saturated heterocycles. The van der Waals surface area contributed by atoms with E-state index < -0.39 is 0 Å². The van der Waals surface area contributed by atoms with Crippen LogP contribution < -0.4 is 14.8 Å².